The number of amides is 2. The summed E-state index contributed by atoms with van der Waals surface area (Å²) in [5.41, 5.74) is 2.31. The number of H-pyrrole nitrogens is 1. The van der Waals surface area contributed by atoms with Crippen LogP contribution in [0.15, 0.2) is 78.9 Å². The highest BCUT2D eigenvalue weighted by Crippen LogP contribution is 2.19. The SMILES string of the molecule is O=C(Nc1ccccc1C(=O)NC(Cc1ccc(Cl)cc1)C(=O)O)c1cc2ccccc2[nH]1. The summed E-state index contributed by atoms with van der Waals surface area (Å²) in [5, 5.41) is 16.3. The summed E-state index contributed by atoms with van der Waals surface area (Å²) in [6, 6.07) is 21.2. The molecule has 0 aliphatic heterocycles. The van der Waals surface area contributed by atoms with Gasteiger partial charge < -0.3 is 20.7 Å². The maximum absolute atomic E-state index is 12.9. The van der Waals surface area contributed by atoms with Crippen LogP contribution in [0.4, 0.5) is 5.69 Å². The maximum atomic E-state index is 12.9. The lowest BCUT2D eigenvalue weighted by Gasteiger charge is -2.16. The van der Waals surface area contributed by atoms with Gasteiger partial charge >= 0.3 is 5.97 Å². The van der Waals surface area contributed by atoms with E-state index in [1.807, 2.05) is 24.3 Å². The number of hydrogen-bond donors (Lipinski definition) is 4. The Morgan fingerprint density at radius 1 is 0.909 bits per heavy atom. The van der Waals surface area contributed by atoms with Crippen molar-refractivity contribution in [2.45, 2.75) is 12.5 Å². The lowest BCUT2D eigenvalue weighted by molar-refractivity contribution is -0.139. The van der Waals surface area contributed by atoms with E-state index in [0.29, 0.717) is 16.3 Å². The molecule has 2 amide bonds. The molecular formula is C25H20ClN3O4. The largest absolute Gasteiger partial charge is 0.480 e. The molecule has 3 aromatic carbocycles. The molecule has 0 fully saturated rings. The van der Waals surface area contributed by atoms with E-state index < -0.39 is 23.8 Å². The second-order valence-electron chi connectivity index (χ2n) is 7.46. The lowest BCUT2D eigenvalue weighted by atomic mass is 10.0. The number of rotatable bonds is 7. The number of para-hydroxylation sites is 2. The summed E-state index contributed by atoms with van der Waals surface area (Å²) in [6.45, 7) is 0. The summed E-state index contributed by atoms with van der Waals surface area (Å²) < 4.78 is 0. The zero-order valence-corrected chi connectivity index (χ0v) is 18.1. The molecule has 0 radical (unpaired) electrons. The van der Waals surface area contributed by atoms with E-state index in [-0.39, 0.29) is 17.7 Å². The molecule has 33 heavy (non-hydrogen) atoms. The highest BCUT2D eigenvalue weighted by molar-refractivity contribution is 6.30. The number of carboxylic acid groups (broad SMARTS) is 1. The van der Waals surface area contributed by atoms with E-state index in [4.69, 9.17) is 11.6 Å². The van der Waals surface area contributed by atoms with Crippen LogP contribution in [0, 0.1) is 0 Å². The Labute approximate surface area is 194 Å². The molecule has 0 aliphatic rings. The molecule has 0 spiro atoms. The minimum absolute atomic E-state index is 0.0852. The topological polar surface area (TPSA) is 111 Å². The molecule has 1 unspecified atom stereocenters. The van der Waals surface area contributed by atoms with Crippen molar-refractivity contribution in [1.82, 2.24) is 10.3 Å². The predicted octanol–water partition coefficient (Wildman–Crippen LogP) is 4.50. The number of aromatic amines is 1. The van der Waals surface area contributed by atoms with Crippen molar-refractivity contribution in [2.75, 3.05) is 5.32 Å². The van der Waals surface area contributed by atoms with Gasteiger partial charge in [-0.3, -0.25) is 9.59 Å². The van der Waals surface area contributed by atoms with Crippen LogP contribution in [0.3, 0.4) is 0 Å². The minimum Gasteiger partial charge on any atom is -0.480 e. The molecule has 0 bridgehead atoms. The highest BCUT2D eigenvalue weighted by atomic mass is 35.5. The first kappa shape index (κ1) is 22.1. The number of fused-ring (bicyclic) bond motifs is 1. The van der Waals surface area contributed by atoms with Crippen LogP contribution in [0.1, 0.15) is 26.4 Å². The van der Waals surface area contributed by atoms with Gasteiger partial charge in [-0.15, -0.1) is 0 Å². The van der Waals surface area contributed by atoms with Crippen molar-refractivity contribution in [1.29, 1.82) is 0 Å². The number of halogens is 1. The fourth-order valence-electron chi connectivity index (χ4n) is 3.47. The molecule has 7 nitrogen and oxygen atoms in total. The zero-order chi connectivity index (χ0) is 23.4. The van der Waals surface area contributed by atoms with E-state index >= 15 is 0 Å². The summed E-state index contributed by atoms with van der Waals surface area (Å²) >= 11 is 5.88. The normalized spacial score (nSPS) is 11.7. The lowest BCUT2D eigenvalue weighted by Crippen LogP contribution is -2.42. The van der Waals surface area contributed by atoms with Crippen LogP contribution >= 0.6 is 11.6 Å². The molecule has 4 N–H and O–H groups in total. The van der Waals surface area contributed by atoms with Crippen molar-refractivity contribution >= 4 is 46.0 Å². The highest BCUT2D eigenvalue weighted by Gasteiger charge is 2.23. The number of carboxylic acids is 1. The molecule has 0 saturated heterocycles. The monoisotopic (exact) mass is 461 g/mol. The average molecular weight is 462 g/mol. The van der Waals surface area contributed by atoms with Gasteiger partial charge in [-0.05, 0) is 42.0 Å². The van der Waals surface area contributed by atoms with Gasteiger partial charge in [-0.25, -0.2) is 4.79 Å². The molecule has 1 heterocycles. The van der Waals surface area contributed by atoms with Gasteiger partial charge in [0.15, 0.2) is 0 Å². The van der Waals surface area contributed by atoms with Crippen molar-refractivity contribution in [3.8, 4) is 0 Å². The Morgan fingerprint density at radius 3 is 2.33 bits per heavy atom. The zero-order valence-electron chi connectivity index (χ0n) is 17.3. The van der Waals surface area contributed by atoms with E-state index in [9.17, 15) is 19.5 Å². The van der Waals surface area contributed by atoms with Gasteiger partial charge in [0, 0.05) is 22.3 Å². The van der Waals surface area contributed by atoms with Crippen LogP contribution in [0.5, 0.6) is 0 Å². The number of aromatic nitrogens is 1. The number of carbonyl (C=O) groups is 3. The quantitative estimate of drug-likeness (QED) is 0.324. The van der Waals surface area contributed by atoms with Gasteiger partial charge in [0.25, 0.3) is 11.8 Å². The van der Waals surface area contributed by atoms with E-state index in [1.54, 1.807) is 48.5 Å². The number of hydrogen-bond acceptors (Lipinski definition) is 3. The third-order valence-corrected chi connectivity index (χ3v) is 5.40. The number of carbonyl (C=O) groups excluding carboxylic acids is 2. The summed E-state index contributed by atoms with van der Waals surface area (Å²) in [6.07, 6.45) is 0.0852. The Morgan fingerprint density at radius 2 is 1.61 bits per heavy atom. The second kappa shape index (κ2) is 9.58. The van der Waals surface area contributed by atoms with Gasteiger partial charge in [-0.2, -0.15) is 0 Å². The smallest absolute Gasteiger partial charge is 0.326 e. The van der Waals surface area contributed by atoms with Gasteiger partial charge in [0.2, 0.25) is 0 Å². The molecule has 0 saturated carbocycles. The van der Waals surface area contributed by atoms with Gasteiger partial charge in [-0.1, -0.05) is 54.1 Å². The van der Waals surface area contributed by atoms with E-state index in [2.05, 4.69) is 15.6 Å². The molecule has 0 aliphatic carbocycles. The number of nitrogens with one attached hydrogen (secondary N) is 3. The molecular weight excluding hydrogens is 442 g/mol. The van der Waals surface area contributed by atoms with Crippen LogP contribution in [-0.2, 0) is 11.2 Å². The molecule has 1 aromatic heterocycles. The Hall–Kier alpha value is -4.10. The summed E-state index contributed by atoms with van der Waals surface area (Å²) in [5.74, 6) is -2.19. The number of benzene rings is 3. The summed E-state index contributed by atoms with van der Waals surface area (Å²) in [4.78, 5) is 40.5. The second-order valence-corrected chi connectivity index (χ2v) is 7.90. The number of anilines is 1. The van der Waals surface area contributed by atoms with Crippen molar-refractivity contribution < 1.29 is 19.5 Å². The van der Waals surface area contributed by atoms with Crippen LogP contribution in [0.25, 0.3) is 10.9 Å². The third kappa shape index (κ3) is 5.22. The molecule has 1 atom stereocenters. The molecule has 8 heteroatoms. The standard InChI is InChI=1S/C25H20ClN3O4/c26-17-11-9-15(10-12-17)13-22(25(32)33)29-23(30)18-6-2-4-8-20(18)28-24(31)21-14-16-5-1-3-7-19(16)27-21/h1-12,14,22,27H,13H2,(H,28,31)(H,29,30)(H,32,33). The van der Waals surface area contributed by atoms with Crippen LogP contribution < -0.4 is 10.6 Å². The number of aliphatic carboxylic acids is 1. The summed E-state index contributed by atoms with van der Waals surface area (Å²) in [7, 11) is 0. The van der Waals surface area contributed by atoms with E-state index in [0.717, 1.165) is 10.9 Å². The molecule has 4 aromatic rings. The Bertz CT molecular complexity index is 1300. The fourth-order valence-corrected chi connectivity index (χ4v) is 3.59. The molecule has 166 valence electrons. The third-order valence-electron chi connectivity index (χ3n) is 5.15. The maximum Gasteiger partial charge on any atom is 0.326 e. The Kier molecular flexibility index (Phi) is 6.42. The first-order chi connectivity index (χ1) is 15.9. The predicted molar refractivity (Wildman–Crippen MR) is 127 cm³/mol. The van der Waals surface area contributed by atoms with Crippen LogP contribution in [-0.4, -0.2) is 33.9 Å². The first-order valence-electron chi connectivity index (χ1n) is 10.2. The average Bonchev–Trinajstić information content (AvgIpc) is 3.25. The van der Waals surface area contributed by atoms with Crippen LogP contribution in [0.2, 0.25) is 5.02 Å². The molecule has 4 rings (SSSR count). The fraction of sp³-hybridized carbons (Fsp3) is 0.0800. The van der Waals surface area contributed by atoms with Crippen molar-refractivity contribution in [3.63, 3.8) is 0 Å². The van der Waals surface area contributed by atoms with Crippen molar-refractivity contribution in [3.05, 3.63) is 101 Å². The van der Waals surface area contributed by atoms with Gasteiger partial charge in [0.1, 0.15) is 11.7 Å². The van der Waals surface area contributed by atoms with E-state index in [1.165, 1.54) is 6.07 Å². The van der Waals surface area contributed by atoms with Gasteiger partial charge in [0.05, 0.1) is 11.3 Å². The Balaban J connectivity index is 1.51. The minimum atomic E-state index is -1.17. The van der Waals surface area contributed by atoms with Crippen molar-refractivity contribution in [2.24, 2.45) is 0 Å². The first-order valence-corrected chi connectivity index (χ1v) is 10.5.